The Morgan fingerprint density at radius 2 is 1.84 bits per heavy atom. The minimum atomic E-state index is 0.0833. The average molecular weight is 253 g/mol. The van der Waals surface area contributed by atoms with Crippen LogP contribution in [0.1, 0.15) is 0 Å². The Morgan fingerprint density at radius 1 is 1.11 bits per heavy atom. The third-order valence-corrected chi connectivity index (χ3v) is 2.57. The van der Waals surface area contributed by atoms with E-state index >= 15 is 0 Å². The predicted molar refractivity (Wildman–Crippen MR) is 76.6 cm³/mol. The van der Waals surface area contributed by atoms with Crippen LogP contribution in [0.5, 0.6) is 0 Å². The number of aliphatic hydroxyl groups excluding tert-OH is 1. The number of fused-ring (bicyclic) bond motifs is 1. The number of H-pyrrole nitrogens is 1. The molecule has 0 amide bonds. The van der Waals surface area contributed by atoms with Crippen LogP contribution in [-0.4, -0.2) is 27.1 Å². The zero-order chi connectivity index (χ0) is 13.5. The molecule has 2 aromatic carbocycles. The number of aliphatic hydroxyl groups is 1. The van der Waals surface area contributed by atoms with Gasteiger partial charge in [-0.1, -0.05) is 53.8 Å². The van der Waals surface area contributed by atoms with E-state index < -0.39 is 0 Å². The Bertz CT molecular complexity index is 647. The fraction of sp³-hybridized carbons (Fsp3) is 0.0667. The van der Waals surface area contributed by atoms with Gasteiger partial charge in [-0.2, -0.15) is 0 Å². The van der Waals surface area contributed by atoms with Gasteiger partial charge in [0.1, 0.15) is 5.52 Å². The highest BCUT2D eigenvalue weighted by molar-refractivity contribution is 5.90. The van der Waals surface area contributed by atoms with Crippen molar-refractivity contribution < 1.29 is 5.11 Å². The van der Waals surface area contributed by atoms with Gasteiger partial charge in [-0.15, -0.1) is 11.7 Å². The SMILES string of the molecule is C=CCO.c1ccc(-c2cccc3[nH]nnc23)cc1. The minimum absolute atomic E-state index is 0.0833. The first-order valence-electron chi connectivity index (χ1n) is 5.93. The molecule has 96 valence electrons. The number of aromatic amines is 1. The molecule has 1 aromatic heterocycles. The molecule has 0 aliphatic rings. The lowest BCUT2D eigenvalue weighted by Crippen LogP contribution is -1.79. The maximum absolute atomic E-state index is 7.76. The molecule has 0 saturated heterocycles. The molecule has 0 atom stereocenters. The van der Waals surface area contributed by atoms with E-state index in [9.17, 15) is 0 Å². The van der Waals surface area contributed by atoms with E-state index in [-0.39, 0.29) is 6.61 Å². The van der Waals surface area contributed by atoms with Gasteiger partial charge in [0.25, 0.3) is 0 Å². The van der Waals surface area contributed by atoms with Gasteiger partial charge >= 0.3 is 0 Å². The van der Waals surface area contributed by atoms with E-state index in [0.717, 1.165) is 22.2 Å². The molecule has 1 heterocycles. The lowest BCUT2D eigenvalue weighted by molar-refractivity contribution is 0.343. The summed E-state index contributed by atoms with van der Waals surface area (Å²) >= 11 is 0. The summed E-state index contributed by atoms with van der Waals surface area (Å²) in [5.74, 6) is 0. The predicted octanol–water partition coefficient (Wildman–Crippen LogP) is 2.79. The van der Waals surface area contributed by atoms with Crippen molar-refractivity contribution in [3.05, 3.63) is 61.2 Å². The van der Waals surface area contributed by atoms with Crippen molar-refractivity contribution in [3.63, 3.8) is 0 Å². The third-order valence-electron chi connectivity index (χ3n) is 2.57. The molecule has 0 saturated carbocycles. The summed E-state index contributed by atoms with van der Waals surface area (Å²) in [6, 6.07) is 16.2. The van der Waals surface area contributed by atoms with Gasteiger partial charge < -0.3 is 5.11 Å². The zero-order valence-corrected chi connectivity index (χ0v) is 10.5. The molecule has 0 fully saturated rings. The van der Waals surface area contributed by atoms with Crippen LogP contribution in [0, 0.1) is 0 Å². The van der Waals surface area contributed by atoms with Crippen LogP contribution in [0.4, 0.5) is 0 Å². The summed E-state index contributed by atoms with van der Waals surface area (Å²) in [6.07, 6.45) is 1.43. The van der Waals surface area contributed by atoms with E-state index in [2.05, 4.69) is 40.2 Å². The molecule has 0 spiro atoms. The Hall–Kier alpha value is -2.46. The van der Waals surface area contributed by atoms with Gasteiger partial charge in [0.05, 0.1) is 12.1 Å². The minimum Gasteiger partial charge on any atom is -0.392 e. The van der Waals surface area contributed by atoms with Crippen LogP contribution >= 0.6 is 0 Å². The second kappa shape index (κ2) is 6.47. The van der Waals surface area contributed by atoms with Gasteiger partial charge in [0.2, 0.25) is 0 Å². The van der Waals surface area contributed by atoms with Crippen molar-refractivity contribution in [3.8, 4) is 11.1 Å². The second-order valence-corrected chi connectivity index (χ2v) is 3.85. The fourth-order valence-corrected chi connectivity index (χ4v) is 1.72. The fourth-order valence-electron chi connectivity index (χ4n) is 1.72. The molecular formula is C15H15N3O. The van der Waals surface area contributed by atoms with Crippen LogP contribution in [0.25, 0.3) is 22.2 Å². The first-order chi connectivity index (χ1) is 9.36. The largest absolute Gasteiger partial charge is 0.392 e. The zero-order valence-electron chi connectivity index (χ0n) is 10.5. The summed E-state index contributed by atoms with van der Waals surface area (Å²) < 4.78 is 0. The van der Waals surface area contributed by atoms with Gasteiger partial charge in [0, 0.05) is 5.56 Å². The molecule has 0 bridgehead atoms. The molecule has 3 aromatic rings. The number of nitrogens with one attached hydrogen (secondary N) is 1. The van der Waals surface area contributed by atoms with Crippen molar-refractivity contribution >= 4 is 11.0 Å². The third kappa shape index (κ3) is 3.05. The van der Waals surface area contributed by atoms with Crippen molar-refractivity contribution in [1.82, 2.24) is 15.4 Å². The summed E-state index contributed by atoms with van der Waals surface area (Å²) in [5, 5.41) is 18.5. The van der Waals surface area contributed by atoms with Crippen molar-refractivity contribution in [1.29, 1.82) is 0 Å². The van der Waals surface area contributed by atoms with E-state index in [1.807, 2.05) is 30.3 Å². The summed E-state index contributed by atoms with van der Waals surface area (Å²) in [5.41, 5.74) is 4.17. The van der Waals surface area contributed by atoms with E-state index in [1.165, 1.54) is 6.08 Å². The Balaban J connectivity index is 0.000000297. The highest BCUT2D eigenvalue weighted by Gasteiger charge is 2.05. The average Bonchev–Trinajstić information content (AvgIpc) is 2.97. The first-order valence-corrected chi connectivity index (χ1v) is 5.93. The smallest absolute Gasteiger partial charge is 0.120 e. The highest BCUT2D eigenvalue weighted by Crippen LogP contribution is 2.25. The normalized spacial score (nSPS) is 9.74. The van der Waals surface area contributed by atoms with E-state index in [4.69, 9.17) is 5.11 Å². The van der Waals surface area contributed by atoms with Crippen LogP contribution < -0.4 is 0 Å². The standard InChI is InChI=1S/C12H9N3.C3H6O/c1-2-5-9(6-3-1)10-7-4-8-11-12(10)14-15-13-11;1-2-3-4/h1-8H,(H,13,14,15);2,4H,1,3H2. The molecule has 4 nitrogen and oxygen atoms in total. The monoisotopic (exact) mass is 253 g/mol. The molecule has 0 aliphatic carbocycles. The lowest BCUT2D eigenvalue weighted by Gasteiger charge is -2.00. The number of hydrogen-bond donors (Lipinski definition) is 2. The van der Waals surface area contributed by atoms with Crippen LogP contribution in [-0.2, 0) is 0 Å². The lowest BCUT2D eigenvalue weighted by atomic mass is 10.0. The van der Waals surface area contributed by atoms with Crippen LogP contribution in [0.3, 0.4) is 0 Å². The molecule has 0 radical (unpaired) electrons. The van der Waals surface area contributed by atoms with Crippen molar-refractivity contribution in [2.75, 3.05) is 6.61 Å². The van der Waals surface area contributed by atoms with E-state index in [1.54, 1.807) is 0 Å². The Kier molecular flexibility index (Phi) is 4.42. The van der Waals surface area contributed by atoms with Crippen molar-refractivity contribution in [2.45, 2.75) is 0 Å². The van der Waals surface area contributed by atoms with Gasteiger partial charge in [-0.3, -0.25) is 5.10 Å². The van der Waals surface area contributed by atoms with Crippen LogP contribution in [0.2, 0.25) is 0 Å². The quantitative estimate of drug-likeness (QED) is 0.690. The maximum Gasteiger partial charge on any atom is 0.120 e. The second-order valence-electron chi connectivity index (χ2n) is 3.85. The first kappa shape index (κ1) is 13.0. The van der Waals surface area contributed by atoms with Gasteiger partial charge in [-0.25, -0.2) is 0 Å². The molecule has 4 heteroatoms. The Morgan fingerprint density at radius 3 is 2.53 bits per heavy atom. The topological polar surface area (TPSA) is 61.8 Å². The number of aromatic nitrogens is 3. The number of nitrogens with zero attached hydrogens (tertiary/aromatic N) is 2. The van der Waals surface area contributed by atoms with Crippen LogP contribution in [0.15, 0.2) is 61.2 Å². The van der Waals surface area contributed by atoms with Gasteiger partial charge in [0.15, 0.2) is 0 Å². The number of hydrogen-bond acceptors (Lipinski definition) is 3. The maximum atomic E-state index is 7.76. The molecular weight excluding hydrogens is 238 g/mol. The molecule has 3 rings (SSSR count). The number of rotatable bonds is 2. The number of benzene rings is 2. The molecule has 0 aliphatic heterocycles. The van der Waals surface area contributed by atoms with Crippen molar-refractivity contribution in [2.24, 2.45) is 0 Å². The van der Waals surface area contributed by atoms with Gasteiger partial charge in [-0.05, 0) is 11.6 Å². The summed E-state index contributed by atoms with van der Waals surface area (Å²) in [6.45, 7) is 3.31. The molecule has 2 N–H and O–H groups in total. The highest BCUT2D eigenvalue weighted by atomic mass is 16.2. The van der Waals surface area contributed by atoms with E-state index in [0.29, 0.717) is 0 Å². The molecule has 19 heavy (non-hydrogen) atoms. The summed E-state index contributed by atoms with van der Waals surface area (Å²) in [7, 11) is 0. The molecule has 0 unspecified atom stereocenters. The Labute approximate surface area is 111 Å². The summed E-state index contributed by atoms with van der Waals surface area (Å²) in [4.78, 5) is 0.